The zero-order valence-electron chi connectivity index (χ0n) is 10.9. The zero-order valence-corrected chi connectivity index (χ0v) is 12.4. The average molecular weight is 322 g/mol. The molecular weight excluding hydrogens is 313 g/mol. The third-order valence-corrected chi connectivity index (χ3v) is 3.62. The van der Waals surface area contributed by atoms with E-state index in [1.165, 1.54) is 10.6 Å². The fourth-order valence-corrected chi connectivity index (χ4v) is 2.65. The van der Waals surface area contributed by atoms with E-state index < -0.39 is 5.76 Å². The van der Waals surface area contributed by atoms with Gasteiger partial charge < -0.3 is 4.42 Å². The van der Waals surface area contributed by atoms with Crippen LogP contribution in [0.1, 0.15) is 15.9 Å². The van der Waals surface area contributed by atoms with E-state index in [1.54, 1.807) is 37.4 Å². The van der Waals surface area contributed by atoms with E-state index in [0.717, 1.165) is 0 Å². The summed E-state index contributed by atoms with van der Waals surface area (Å²) in [5.41, 5.74) is 1.77. The number of fused-ring (bicyclic) bond motifs is 1. The van der Waals surface area contributed by atoms with Crippen LogP contribution in [0.4, 0.5) is 0 Å². The second-order valence-corrected chi connectivity index (χ2v) is 5.47. The number of ketones is 1. The van der Waals surface area contributed by atoms with Crippen molar-refractivity contribution in [2.45, 2.75) is 0 Å². The van der Waals surface area contributed by atoms with Gasteiger partial charge in [-0.05, 0) is 36.4 Å². The van der Waals surface area contributed by atoms with Gasteiger partial charge in [0.15, 0.2) is 11.4 Å². The normalized spacial score (nSPS) is 11.0. The van der Waals surface area contributed by atoms with Crippen molar-refractivity contribution in [2.24, 2.45) is 7.05 Å². The van der Waals surface area contributed by atoms with E-state index in [0.29, 0.717) is 32.3 Å². The van der Waals surface area contributed by atoms with Crippen LogP contribution in [0, 0.1) is 0 Å². The van der Waals surface area contributed by atoms with E-state index >= 15 is 0 Å². The lowest BCUT2D eigenvalue weighted by Gasteiger charge is -2.03. The number of carbonyl (C=O) groups is 1. The number of carbonyl (C=O) groups excluding carboxylic acids is 1. The Kier molecular flexibility index (Phi) is 3.35. The second kappa shape index (κ2) is 5.06. The molecule has 4 nitrogen and oxygen atoms in total. The molecule has 2 aromatic carbocycles. The Morgan fingerprint density at radius 3 is 2.38 bits per heavy atom. The molecule has 0 spiro atoms. The van der Waals surface area contributed by atoms with Crippen molar-refractivity contribution >= 4 is 40.1 Å². The summed E-state index contributed by atoms with van der Waals surface area (Å²) < 4.78 is 6.45. The van der Waals surface area contributed by atoms with Crippen LogP contribution in [0.15, 0.2) is 45.6 Å². The molecule has 3 rings (SSSR count). The minimum atomic E-state index is -0.472. The number of rotatable bonds is 2. The van der Waals surface area contributed by atoms with Gasteiger partial charge in [-0.25, -0.2) is 4.79 Å². The summed E-state index contributed by atoms with van der Waals surface area (Å²) in [6.07, 6.45) is 0. The topological polar surface area (TPSA) is 52.2 Å². The van der Waals surface area contributed by atoms with Crippen molar-refractivity contribution in [2.75, 3.05) is 0 Å². The molecule has 0 atom stereocenters. The van der Waals surface area contributed by atoms with Crippen LogP contribution in [-0.2, 0) is 7.05 Å². The van der Waals surface area contributed by atoms with Crippen molar-refractivity contribution in [3.63, 3.8) is 0 Å². The Labute approximate surface area is 129 Å². The maximum absolute atomic E-state index is 12.4. The van der Waals surface area contributed by atoms with E-state index in [9.17, 15) is 9.59 Å². The summed E-state index contributed by atoms with van der Waals surface area (Å²) in [5.74, 6) is -0.715. The molecule has 106 valence electrons. The van der Waals surface area contributed by atoms with Crippen LogP contribution in [0.2, 0.25) is 10.0 Å². The van der Waals surface area contributed by atoms with Gasteiger partial charge in [0, 0.05) is 28.2 Å². The molecule has 0 saturated carbocycles. The number of oxazole rings is 1. The highest BCUT2D eigenvalue weighted by atomic mass is 35.5. The minimum Gasteiger partial charge on any atom is -0.408 e. The first-order valence-electron chi connectivity index (χ1n) is 6.06. The monoisotopic (exact) mass is 321 g/mol. The van der Waals surface area contributed by atoms with E-state index in [4.69, 9.17) is 27.6 Å². The molecule has 0 radical (unpaired) electrons. The SMILES string of the molecule is Cn1c(=O)oc2cc(C(=O)c3cc(Cl)cc(Cl)c3)ccc21. The van der Waals surface area contributed by atoms with Crippen molar-refractivity contribution in [3.05, 3.63) is 68.1 Å². The third-order valence-electron chi connectivity index (χ3n) is 3.18. The van der Waals surface area contributed by atoms with Gasteiger partial charge in [0.1, 0.15) is 0 Å². The van der Waals surface area contributed by atoms with Gasteiger partial charge in [-0.3, -0.25) is 9.36 Å². The minimum absolute atomic E-state index is 0.243. The van der Waals surface area contributed by atoms with E-state index in [-0.39, 0.29) is 5.78 Å². The largest absolute Gasteiger partial charge is 0.419 e. The van der Waals surface area contributed by atoms with Crippen LogP contribution < -0.4 is 5.76 Å². The summed E-state index contributed by atoms with van der Waals surface area (Å²) in [6, 6.07) is 9.48. The molecule has 0 aliphatic rings. The van der Waals surface area contributed by atoms with E-state index in [1.807, 2.05) is 0 Å². The first-order valence-corrected chi connectivity index (χ1v) is 6.81. The van der Waals surface area contributed by atoms with Crippen LogP contribution in [0.3, 0.4) is 0 Å². The molecule has 0 fully saturated rings. The second-order valence-electron chi connectivity index (χ2n) is 4.60. The van der Waals surface area contributed by atoms with Crippen LogP contribution in [-0.4, -0.2) is 10.4 Å². The zero-order chi connectivity index (χ0) is 15.1. The van der Waals surface area contributed by atoms with E-state index in [2.05, 4.69) is 0 Å². The van der Waals surface area contributed by atoms with Gasteiger partial charge >= 0.3 is 5.76 Å². The first kappa shape index (κ1) is 13.9. The van der Waals surface area contributed by atoms with Crippen molar-refractivity contribution in [3.8, 4) is 0 Å². The molecule has 0 saturated heterocycles. The Morgan fingerprint density at radius 1 is 1.05 bits per heavy atom. The highest BCUT2D eigenvalue weighted by molar-refractivity contribution is 6.35. The smallest absolute Gasteiger partial charge is 0.408 e. The lowest BCUT2D eigenvalue weighted by atomic mass is 10.0. The molecule has 0 aliphatic carbocycles. The summed E-state index contributed by atoms with van der Waals surface area (Å²) in [5, 5.41) is 0.774. The van der Waals surface area contributed by atoms with Gasteiger partial charge in [0.05, 0.1) is 5.52 Å². The Bertz CT molecular complexity index is 904. The lowest BCUT2D eigenvalue weighted by Crippen LogP contribution is -2.08. The fraction of sp³-hybridized carbons (Fsp3) is 0.0667. The first-order chi connectivity index (χ1) is 9.95. The molecule has 1 aromatic heterocycles. The van der Waals surface area contributed by atoms with Gasteiger partial charge in [-0.1, -0.05) is 23.2 Å². The number of halogens is 2. The average Bonchev–Trinajstić information content (AvgIpc) is 2.71. The maximum Gasteiger partial charge on any atom is 0.419 e. The van der Waals surface area contributed by atoms with Gasteiger partial charge in [-0.15, -0.1) is 0 Å². The molecule has 1 heterocycles. The molecule has 3 aromatic rings. The fourth-order valence-electron chi connectivity index (χ4n) is 2.13. The number of nitrogens with zero attached hydrogens (tertiary/aromatic N) is 1. The molecule has 0 aliphatic heterocycles. The highest BCUT2D eigenvalue weighted by Gasteiger charge is 2.14. The molecule has 0 bridgehead atoms. The summed E-state index contributed by atoms with van der Waals surface area (Å²) in [4.78, 5) is 23.9. The molecular formula is C15H9Cl2NO3. The standard InChI is InChI=1S/C15H9Cl2NO3/c1-18-12-3-2-8(6-13(12)21-15(18)20)14(19)9-4-10(16)7-11(17)5-9/h2-7H,1H3. The lowest BCUT2D eigenvalue weighted by molar-refractivity contribution is 0.103. The number of aromatic nitrogens is 1. The van der Waals surface area contributed by atoms with Gasteiger partial charge in [0.25, 0.3) is 0 Å². The Balaban J connectivity index is 2.11. The predicted molar refractivity (Wildman–Crippen MR) is 81.3 cm³/mol. The van der Waals surface area contributed by atoms with Crippen LogP contribution >= 0.6 is 23.2 Å². The van der Waals surface area contributed by atoms with Crippen molar-refractivity contribution < 1.29 is 9.21 Å². The molecule has 0 amide bonds. The van der Waals surface area contributed by atoms with Gasteiger partial charge in [0.2, 0.25) is 0 Å². The van der Waals surface area contributed by atoms with Crippen LogP contribution in [0.5, 0.6) is 0 Å². The summed E-state index contributed by atoms with van der Waals surface area (Å²) >= 11 is 11.8. The van der Waals surface area contributed by atoms with Crippen molar-refractivity contribution in [1.29, 1.82) is 0 Å². The molecule has 0 N–H and O–H groups in total. The quantitative estimate of drug-likeness (QED) is 0.677. The Morgan fingerprint density at radius 2 is 1.71 bits per heavy atom. The third kappa shape index (κ3) is 2.48. The number of hydrogen-bond donors (Lipinski definition) is 0. The molecule has 0 unspecified atom stereocenters. The van der Waals surface area contributed by atoms with Crippen LogP contribution in [0.25, 0.3) is 11.1 Å². The van der Waals surface area contributed by atoms with Gasteiger partial charge in [-0.2, -0.15) is 0 Å². The number of benzene rings is 2. The highest BCUT2D eigenvalue weighted by Crippen LogP contribution is 2.22. The number of aryl methyl sites for hydroxylation is 1. The Hall–Kier alpha value is -2.04. The predicted octanol–water partition coefficient (Wildman–Crippen LogP) is 3.67. The number of hydrogen-bond acceptors (Lipinski definition) is 3. The maximum atomic E-state index is 12.4. The summed E-state index contributed by atoms with van der Waals surface area (Å²) in [7, 11) is 1.60. The summed E-state index contributed by atoms with van der Waals surface area (Å²) in [6.45, 7) is 0. The molecule has 6 heteroatoms. The van der Waals surface area contributed by atoms with Crippen molar-refractivity contribution in [1.82, 2.24) is 4.57 Å². The molecule has 21 heavy (non-hydrogen) atoms.